The Labute approximate surface area is 110 Å². The fraction of sp³-hybridized carbons (Fsp3) is 0.143. The number of rotatable bonds is 3. The predicted molar refractivity (Wildman–Crippen MR) is 70.4 cm³/mol. The largest absolute Gasteiger partial charge is 0.465 e. The van der Waals surface area contributed by atoms with Crippen LogP contribution in [0.4, 0.5) is 5.69 Å². The van der Waals surface area contributed by atoms with Crippen molar-refractivity contribution in [3.63, 3.8) is 0 Å². The van der Waals surface area contributed by atoms with Crippen molar-refractivity contribution in [3.05, 3.63) is 53.3 Å². The number of benzene rings is 1. The van der Waals surface area contributed by atoms with Crippen LogP contribution in [0.1, 0.15) is 21.6 Å². The maximum Gasteiger partial charge on any atom is 0.340 e. The maximum absolute atomic E-state index is 11.8. The van der Waals surface area contributed by atoms with Crippen molar-refractivity contribution in [1.29, 1.82) is 5.26 Å². The Balaban J connectivity index is 2.44. The molecule has 0 aliphatic carbocycles. The number of methoxy groups -OCH3 is 1. The van der Waals surface area contributed by atoms with Gasteiger partial charge in [-0.1, -0.05) is 12.1 Å². The lowest BCUT2D eigenvalue weighted by Gasteiger charge is -2.11. The molecule has 0 aliphatic rings. The third kappa shape index (κ3) is 2.43. The smallest absolute Gasteiger partial charge is 0.340 e. The summed E-state index contributed by atoms with van der Waals surface area (Å²) in [6.45, 7) is 0.394. The number of hydrogen-bond acceptors (Lipinski definition) is 4. The first-order valence-electron chi connectivity index (χ1n) is 5.68. The van der Waals surface area contributed by atoms with Gasteiger partial charge in [0, 0.05) is 18.4 Å². The lowest BCUT2D eigenvalue weighted by Crippen LogP contribution is -2.12. The second-order valence-electron chi connectivity index (χ2n) is 4.01. The lowest BCUT2D eigenvalue weighted by molar-refractivity contribution is 0.0600. The highest BCUT2D eigenvalue weighted by Crippen LogP contribution is 2.20. The highest BCUT2D eigenvalue weighted by molar-refractivity contribution is 5.96. The molecule has 1 heterocycles. The summed E-state index contributed by atoms with van der Waals surface area (Å²) in [5.41, 5.74) is 7.79. The van der Waals surface area contributed by atoms with E-state index in [1.54, 1.807) is 41.1 Å². The van der Waals surface area contributed by atoms with E-state index in [1.807, 2.05) is 0 Å². The Morgan fingerprint density at radius 3 is 2.89 bits per heavy atom. The lowest BCUT2D eigenvalue weighted by atomic mass is 10.1. The van der Waals surface area contributed by atoms with Crippen LogP contribution < -0.4 is 5.73 Å². The summed E-state index contributed by atoms with van der Waals surface area (Å²) < 4.78 is 6.49. The summed E-state index contributed by atoms with van der Waals surface area (Å²) in [5, 5.41) is 8.98. The molecule has 96 valence electrons. The molecule has 1 aromatic carbocycles. The zero-order valence-corrected chi connectivity index (χ0v) is 10.5. The van der Waals surface area contributed by atoms with E-state index in [0.717, 1.165) is 5.56 Å². The Kier molecular flexibility index (Phi) is 3.53. The Hall–Kier alpha value is -2.74. The zero-order chi connectivity index (χ0) is 13.8. The molecule has 0 saturated heterocycles. The number of nitriles is 1. The van der Waals surface area contributed by atoms with Crippen LogP contribution in [0.5, 0.6) is 0 Å². The number of carbonyl (C=O) groups is 1. The number of nitrogens with zero attached hydrogens (tertiary/aromatic N) is 2. The quantitative estimate of drug-likeness (QED) is 0.669. The first-order chi connectivity index (χ1) is 9.17. The zero-order valence-electron chi connectivity index (χ0n) is 10.5. The van der Waals surface area contributed by atoms with Crippen LogP contribution in [0.3, 0.4) is 0 Å². The molecule has 0 aliphatic heterocycles. The number of carbonyl (C=O) groups excluding carboxylic acids is 1. The van der Waals surface area contributed by atoms with Crippen molar-refractivity contribution in [2.75, 3.05) is 12.8 Å². The van der Waals surface area contributed by atoms with Gasteiger partial charge in [0.25, 0.3) is 0 Å². The summed E-state index contributed by atoms with van der Waals surface area (Å²) in [6.07, 6.45) is 1.78. The Morgan fingerprint density at radius 1 is 1.42 bits per heavy atom. The van der Waals surface area contributed by atoms with Crippen LogP contribution in [0.15, 0.2) is 36.5 Å². The standard InChI is InChI=1S/C14H13N3O2/c1-19-14(18)13-10(4-2-6-12(13)16)9-17-7-3-5-11(17)8-15/h2-7H,9,16H2,1H3. The molecular weight excluding hydrogens is 242 g/mol. The topological polar surface area (TPSA) is 81.0 Å². The normalized spacial score (nSPS) is 9.89. The van der Waals surface area contributed by atoms with E-state index in [-0.39, 0.29) is 0 Å². The van der Waals surface area contributed by atoms with Crippen LogP contribution in [0, 0.1) is 11.3 Å². The molecule has 2 rings (SSSR count). The molecule has 0 saturated carbocycles. The highest BCUT2D eigenvalue weighted by atomic mass is 16.5. The van der Waals surface area contributed by atoms with Crippen molar-refractivity contribution in [1.82, 2.24) is 4.57 Å². The molecule has 0 spiro atoms. The maximum atomic E-state index is 11.8. The first-order valence-corrected chi connectivity index (χ1v) is 5.68. The molecule has 1 aromatic heterocycles. The minimum atomic E-state index is -0.473. The minimum Gasteiger partial charge on any atom is -0.465 e. The average molecular weight is 255 g/mol. The molecule has 0 amide bonds. The molecule has 0 bridgehead atoms. The Morgan fingerprint density at radius 2 is 2.21 bits per heavy atom. The molecule has 0 fully saturated rings. The number of nitrogen functional groups attached to an aromatic ring is 1. The van der Waals surface area contributed by atoms with E-state index in [2.05, 4.69) is 6.07 Å². The second-order valence-corrected chi connectivity index (χ2v) is 4.01. The molecule has 0 radical (unpaired) electrons. The van der Waals surface area contributed by atoms with Gasteiger partial charge in [0.05, 0.1) is 12.7 Å². The van der Waals surface area contributed by atoms with Crippen molar-refractivity contribution in [3.8, 4) is 6.07 Å². The minimum absolute atomic E-state index is 0.350. The third-order valence-electron chi connectivity index (χ3n) is 2.86. The summed E-state index contributed by atoms with van der Waals surface area (Å²) in [7, 11) is 1.31. The van der Waals surface area contributed by atoms with E-state index < -0.39 is 5.97 Å². The third-order valence-corrected chi connectivity index (χ3v) is 2.86. The monoisotopic (exact) mass is 255 g/mol. The van der Waals surface area contributed by atoms with Gasteiger partial charge in [-0.2, -0.15) is 5.26 Å². The van der Waals surface area contributed by atoms with E-state index in [0.29, 0.717) is 23.5 Å². The molecule has 2 aromatic rings. The number of anilines is 1. The predicted octanol–water partition coefficient (Wildman–Crippen LogP) is 1.78. The molecule has 2 N–H and O–H groups in total. The number of hydrogen-bond donors (Lipinski definition) is 1. The molecule has 19 heavy (non-hydrogen) atoms. The van der Waals surface area contributed by atoms with Gasteiger partial charge in [-0.15, -0.1) is 0 Å². The second kappa shape index (κ2) is 5.27. The van der Waals surface area contributed by atoms with Gasteiger partial charge in [0.15, 0.2) is 0 Å². The summed E-state index contributed by atoms with van der Waals surface area (Å²) >= 11 is 0. The summed E-state index contributed by atoms with van der Waals surface area (Å²) in [5.74, 6) is -0.473. The number of esters is 1. The van der Waals surface area contributed by atoms with Crippen molar-refractivity contribution < 1.29 is 9.53 Å². The van der Waals surface area contributed by atoms with Gasteiger partial charge in [0.2, 0.25) is 0 Å². The highest BCUT2D eigenvalue weighted by Gasteiger charge is 2.16. The summed E-state index contributed by atoms with van der Waals surface area (Å²) in [4.78, 5) is 11.8. The molecule has 5 heteroatoms. The average Bonchev–Trinajstić information content (AvgIpc) is 2.85. The van der Waals surface area contributed by atoms with E-state index in [4.69, 9.17) is 15.7 Å². The van der Waals surface area contributed by atoms with Gasteiger partial charge in [-0.05, 0) is 23.8 Å². The fourth-order valence-electron chi connectivity index (χ4n) is 1.94. The van der Waals surface area contributed by atoms with Gasteiger partial charge in [-0.25, -0.2) is 4.79 Å². The van der Waals surface area contributed by atoms with Gasteiger partial charge in [0.1, 0.15) is 11.8 Å². The molecule has 5 nitrogen and oxygen atoms in total. The van der Waals surface area contributed by atoms with Crippen LogP contribution in [-0.2, 0) is 11.3 Å². The van der Waals surface area contributed by atoms with Crippen LogP contribution in [0.2, 0.25) is 0 Å². The van der Waals surface area contributed by atoms with Gasteiger partial charge >= 0.3 is 5.97 Å². The van der Waals surface area contributed by atoms with Crippen molar-refractivity contribution >= 4 is 11.7 Å². The number of nitrogens with two attached hydrogens (primary N) is 1. The van der Waals surface area contributed by atoms with E-state index in [9.17, 15) is 4.79 Å². The van der Waals surface area contributed by atoms with Crippen molar-refractivity contribution in [2.45, 2.75) is 6.54 Å². The Bertz CT molecular complexity index is 653. The fourth-order valence-corrected chi connectivity index (χ4v) is 1.94. The number of ether oxygens (including phenoxy) is 1. The van der Waals surface area contributed by atoms with Crippen LogP contribution in [-0.4, -0.2) is 17.6 Å². The molecule has 0 atom stereocenters. The van der Waals surface area contributed by atoms with Gasteiger partial charge < -0.3 is 15.0 Å². The SMILES string of the molecule is COC(=O)c1c(N)cccc1Cn1cccc1C#N. The van der Waals surface area contributed by atoms with Crippen molar-refractivity contribution in [2.24, 2.45) is 0 Å². The van der Waals surface area contributed by atoms with E-state index in [1.165, 1.54) is 7.11 Å². The van der Waals surface area contributed by atoms with E-state index >= 15 is 0 Å². The van der Waals surface area contributed by atoms with Crippen LogP contribution >= 0.6 is 0 Å². The molecular formula is C14H13N3O2. The molecule has 0 unspecified atom stereocenters. The summed E-state index contributed by atoms with van der Waals surface area (Å²) in [6, 6.07) is 10.8. The van der Waals surface area contributed by atoms with Gasteiger partial charge in [-0.3, -0.25) is 0 Å². The number of aromatic nitrogens is 1. The van der Waals surface area contributed by atoms with Crippen LogP contribution in [0.25, 0.3) is 0 Å². The first kappa shape index (κ1) is 12.7.